The molecular formula is C31H42N6. The SMILES string of the molecule is N=C(N)N1CCCCC1c1nc2ccccc2n1C1CCN(C2(c3ccccc3)CCCCCC2)CC1. The summed E-state index contributed by atoms with van der Waals surface area (Å²) in [5, 5.41) is 8.24. The van der Waals surface area contributed by atoms with Gasteiger partial charge in [-0.2, -0.15) is 0 Å². The standard InChI is InChI=1S/C31H42N6/c32-30(33)36-21-11-8-16-28(36)29-34-26-14-6-7-15-27(26)37(29)25-17-22-35(23-18-25)31(19-9-1-2-10-20-31)24-12-4-3-5-13-24/h3-7,12-15,25,28H,1-2,8-11,16-23H2,(H3,32,33). The van der Waals surface area contributed by atoms with Gasteiger partial charge in [0.05, 0.1) is 17.1 Å². The predicted molar refractivity (Wildman–Crippen MR) is 151 cm³/mol. The zero-order valence-electron chi connectivity index (χ0n) is 22.1. The molecule has 2 aliphatic heterocycles. The molecule has 6 rings (SSSR count). The zero-order valence-corrected chi connectivity index (χ0v) is 22.1. The molecule has 196 valence electrons. The fourth-order valence-corrected chi connectivity index (χ4v) is 7.57. The molecule has 3 fully saturated rings. The first-order chi connectivity index (χ1) is 18.2. The van der Waals surface area contributed by atoms with Crippen molar-refractivity contribution in [2.24, 2.45) is 5.73 Å². The van der Waals surface area contributed by atoms with Crippen molar-refractivity contribution < 1.29 is 0 Å². The number of imidazole rings is 1. The summed E-state index contributed by atoms with van der Waals surface area (Å²) in [6.45, 7) is 3.08. The second-order valence-electron chi connectivity index (χ2n) is 11.4. The molecule has 1 aliphatic carbocycles. The molecule has 0 radical (unpaired) electrons. The van der Waals surface area contributed by atoms with E-state index in [1.165, 1.54) is 49.6 Å². The molecule has 37 heavy (non-hydrogen) atoms. The van der Waals surface area contributed by atoms with E-state index < -0.39 is 0 Å². The Morgan fingerprint density at radius 3 is 2.24 bits per heavy atom. The van der Waals surface area contributed by atoms with Crippen LogP contribution in [0.4, 0.5) is 0 Å². The van der Waals surface area contributed by atoms with Crippen LogP contribution in [0, 0.1) is 5.41 Å². The van der Waals surface area contributed by atoms with E-state index >= 15 is 0 Å². The van der Waals surface area contributed by atoms with Crippen molar-refractivity contribution in [1.82, 2.24) is 19.4 Å². The maximum absolute atomic E-state index is 8.24. The molecule has 6 nitrogen and oxygen atoms in total. The molecule has 2 aromatic carbocycles. The molecule has 6 heteroatoms. The monoisotopic (exact) mass is 498 g/mol. The number of nitrogens with one attached hydrogen (secondary N) is 1. The minimum atomic E-state index is 0.0918. The minimum absolute atomic E-state index is 0.0918. The van der Waals surface area contributed by atoms with Crippen LogP contribution in [-0.4, -0.2) is 44.9 Å². The summed E-state index contributed by atoms with van der Waals surface area (Å²) >= 11 is 0. The van der Waals surface area contributed by atoms with E-state index in [-0.39, 0.29) is 17.5 Å². The summed E-state index contributed by atoms with van der Waals surface area (Å²) < 4.78 is 2.54. The normalized spacial score (nSPS) is 23.7. The Bertz CT molecular complexity index is 1200. The summed E-state index contributed by atoms with van der Waals surface area (Å²) in [6, 6.07) is 20.5. The number of likely N-dealkylation sites (tertiary alicyclic amines) is 2. The molecule has 1 unspecified atom stereocenters. The highest BCUT2D eigenvalue weighted by molar-refractivity contribution is 5.78. The number of aromatic nitrogens is 2. The first kappa shape index (κ1) is 24.5. The van der Waals surface area contributed by atoms with Crippen LogP contribution in [0.5, 0.6) is 0 Å². The molecule has 1 atom stereocenters. The maximum atomic E-state index is 8.24. The van der Waals surface area contributed by atoms with Gasteiger partial charge >= 0.3 is 0 Å². The number of guanidine groups is 1. The Balaban J connectivity index is 1.31. The smallest absolute Gasteiger partial charge is 0.189 e. The van der Waals surface area contributed by atoms with E-state index in [9.17, 15) is 0 Å². The van der Waals surface area contributed by atoms with Crippen molar-refractivity contribution in [1.29, 1.82) is 5.41 Å². The summed E-state index contributed by atoms with van der Waals surface area (Å²) in [6.07, 6.45) is 13.5. The molecule has 3 N–H and O–H groups in total. The van der Waals surface area contributed by atoms with Crippen LogP contribution in [0.15, 0.2) is 54.6 Å². The van der Waals surface area contributed by atoms with Crippen LogP contribution in [0.1, 0.15) is 94.1 Å². The van der Waals surface area contributed by atoms with Gasteiger partial charge < -0.3 is 15.2 Å². The second-order valence-corrected chi connectivity index (χ2v) is 11.4. The van der Waals surface area contributed by atoms with E-state index in [2.05, 4.69) is 69.0 Å². The zero-order chi connectivity index (χ0) is 25.2. The lowest BCUT2D eigenvalue weighted by Gasteiger charge is -2.48. The summed E-state index contributed by atoms with van der Waals surface area (Å²) in [5.74, 6) is 1.29. The number of piperidine rings is 2. The number of hydrogen-bond donors (Lipinski definition) is 2. The number of hydrogen-bond acceptors (Lipinski definition) is 3. The van der Waals surface area contributed by atoms with Crippen LogP contribution in [0.2, 0.25) is 0 Å². The molecule has 2 saturated heterocycles. The third kappa shape index (κ3) is 4.54. The van der Waals surface area contributed by atoms with Gasteiger partial charge in [-0.15, -0.1) is 0 Å². The number of benzene rings is 2. The highest BCUT2D eigenvalue weighted by Gasteiger charge is 2.41. The van der Waals surface area contributed by atoms with Gasteiger partial charge in [-0.05, 0) is 62.6 Å². The highest BCUT2D eigenvalue weighted by Crippen LogP contribution is 2.44. The Morgan fingerprint density at radius 2 is 1.51 bits per heavy atom. The van der Waals surface area contributed by atoms with Gasteiger partial charge in [0.2, 0.25) is 0 Å². The third-order valence-corrected chi connectivity index (χ3v) is 9.41. The molecule has 0 spiro atoms. The van der Waals surface area contributed by atoms with Crippen LogP contribution >= 0.6 is 0 Å². The third-order valence-electron chi connectivity index (χ3n) is 9.41. The summed E-state index contributed by atoms with van der Waals surface area (Å²) in [5.41, 5.74) is 10.1. The molecule has 0 bridgehead atoms. The lowest BCUT2D eigenvalue weighted by molar-refractivity contribution is 0.0350. The summed E-state index contributed by atoms with van der Waals surface area (Å²) in [7, 11) is 0. The van der Waals surface area contributed by atoms with Crippen molar-refractivity contribution in [2.45, 2.75) is 88.3 Å². The van der Waals surface area contributed by atoms with Gasteiger partial charge in [0, 0.05) is 31.2 Å². The van der Waals surface area contributed by atoms with Gasteiger partial charge in [-0.25, -0.2) is 4.98 Å². The van der Waals surface area contributed by atoms with Crippen molar-refractivity contribution in [2.75, 3.05) is 19.6 Å². The lowest BCUT2D eigenvalue weighted by atomic mass is 9.79. The fourth-order valence-electron chi connectivity index (χ4n) is 7.57. The molecule has 3 heterocycles. The molecule has 3 aliphatic rings. The number of nitrogens with two attached hydrogens (primary N) is 1. The number of rotatable bonds is 4. The van der Waals surface area contributed by atoms with Crippen LogP contribution in [-0.2, 0) is 5.54 Å². The van der Waals surface area contributed by atoms with E-state index in [1.54, 1.807) is 0 Å². The molecule has 1 aromatic heterocycles. The molecular weight excluding hydrogens is 456 g/mol. The van der Waals surface area contributed by atoms with Gasteiger partial charge in [0.15, 0.2) is 5.96 Å². The number of nitrogens with zero attached hydrogens (tertiary/aromatic N) is 4. The maximum Gasteiger partial charge on any atom is 0.189 e. The van der Waals surface area contributed by atoms with Crippen molar-refractivity contribution >= 4 is 17.0 Å². The van der Waals surface area contributed by atoms with E-state index in [0.29, 0.717) is 6.04 Å². The van der Waals surface area contributed by atoms with E-state index in [4.69, 9.17) is 16.1 Å². The predicted octanol–water partition coefficient (Wildman–Crippen LogP) is 6.34. The van der Waals surface area contributed by atoms with Crippen LogP contribution in [0.3, 0.4) is 0 Å². The van der Waals surface area contributed by atoms with Crippen molar-refractivity contribution in [3.63, 3.8) is 0 Å². The van der Waals surface area contributed by atoms with Gasteiger partial charge in [-0.1, -0.05) is 68.1 Å². The molecule has 1 saturated carbocycles. The Kier molecular flexibility index (Phi) is 6.94. The van der Waals surface area contributed by atoms with Crippen LogP contribution < -0.4 is 5.73 Å². The molecule has 3 aromatic rings. The number of fused-ring (bicyclic) bond motifs is 1. The first-order valence-corrected chi connectivity index (χ1v) is 14.6. The molecule has 0 amide bonds. The van der Waals surface area contributed by atoms with Crippen molar-refractivity contribution in [3.05, 3.63) is 66.0 Å². The largest absolute Gasteiger partial charge is 0.370 e. The Labute approximate surface area is 221 Å². The average molecular weight is 499 g/mol. The van der Waals surface area contributed by atoms with Crippen LogP contribution in [0.25, 0.3) is 11.0 Å². The summed E-state index contributed by atoms with van der Waals surface area (Å²) in [4.78, 5) is 10.1. The topological polar surface area (TPSA) is 74.2 Å². The van der Waals surface area contributed by atoms with E-state index in [0.717, 1.165) is 63.1 Å². The second kappa shape index (κ2) is 10.5. The highest BCUT2D eigenvalue weighted by atomic mass is 15.3. The Hall–Kier alpha value is -2.86. The van der Waals surface area contributed by atoms with Crippen molar-refractivity contribution in [3.8, 4) is 0 Å². The minimum Gasteiger partial charge on any atom is -0.370 e. The fraction of sp³-hybridized carbons (Fsp3) is 0.548. The van der Waals surface area contributed by atoms with E-state index in [1.807, 2.05) is 0 Å². The van der Waals surface area contributed by atoms with Gasteiger partial charge in [-0.3, -0.25) is 10.3 Å². The van der Waals surface area contributed by atoms with Gasteiger partial charge in [0.1, 0.15) is 5.82 Å². The Morgan fingerprint density at radius 1 is 0.811 bits per heavy atom. The number of para-hydroxylation sites is 2. The quantitative estimate of drug-likeness (QED) is 0.250. The lowest BCUT2D eigenvalue weighted by Crippen LogP contribution is -2.50. The van der Waals surface area contributed by atoms with Gasteiger partial charge in [0.25, 0.3) is 0 Å². The average Bonchev–Trinajstić information content (AvgIpc) is 3.15. The first-order valence-electron chi connectivity index (χ1n) is 14.6.